The average molecular weight is 266 g/mol. The molecule has 1 aromatic carbocycles. The molecule has 0 radical (unpaired) electrons. The Labute approximate surface area is 116 Å². The van der Waals surface area contributed by atoms with Crippen LogP contribution in [0.4, 0.5) is 0 Å². The topological polar surface area (TPSA) is 12.0 Å². The van der Waals surface area contributed by atoms with Crippen LogP contribution < -0.4 is 5.32 Å². The molecule has 0 aromatic heterocycles. The van der Waals surface area contributed by atoms with Gasteiger partial charge in [0.05, 0.1) is 0 Å². The molecule has 0 saturated heterocycles. The van der Waals surface area contributed by atoms with E-state index in [-0.39, 0.29) is 0 Å². The molecule has 2 rings (SSSR count). The van der Waals surface area contributed by atoms with Crippen LogP contribution in [-0.4, -0.2) is 13.1 Å². The van der Waals surface area contributed by atoms with Crippen LogP contribution in [0.1, 0.15) is 38.7 Å². The highest BCUT2D eigenvalue weighted by Crippen LogP contribution is 2.43. The van der Waals surface area contributed by atoms with Crippen molar-refractivity contribution in [2.75, 3.05) is 13.1 Å². The van der Waals surface area contributed by atoms with Gasteiger partial charge < -0.3 is 5.32 Å². The third-order valence-electron chi connectivity index (χ3n) is 3.96. The zero-order valence-electron chi connectivity index (χ0n) is 11.5. The minimum Gasteiger partial charge on any atom is -0.316 e. The monoisotopic (exact) mass is 265 g/mol. The summed E-state index contributed by atoms with van der Waals surface area (Å²) in [5.41, 5.74) is 1.92. The molecule has 1 aromatic rings. The first-order chi connectivity index (χ1) is 8.60. The van der Waals surface area contributed by atoms with Gasteiger partial charge in [0.1, 0.15) is 0 Å². The highest BCUT2D eigenvalue weighted by molar-refractivity contribution is 6.30. The fourth-order valence-corrected chi connectivity index (χ4v) is 2.88. The van der Waals surface area contributed by atoms with Crippen LogP contribution in [0.2, 0.25) is 5.02 Å². The maximum atomic E-state index is 5.94. The molecule has 100 valence electrons. The van der Waals surface area contributed by atoms with Crippen molar-refractivity contribution in [1.82, 2.24) is 5.32 Å². The second kappa shape index (κ2) is 6.08. The molecule has 2 heteroatoms. The van der Waals surface area contributed by atoms with Gasteiger partial charge in [-0.2, -0.15) is 0 Å². The lowest BCUT2D eigenvalue weighted by molar-refractivity contribution is 0.129. The van der Waals surface area contributed by atoms with Crippen LogP contribution in [0.5, 0.6) is 0 Å². The lowest BCUT2D eigenvalue weighted by Crippen LogP contribution is -2.42. The highest BCUT2D eigenvalue weighted by atomic mass is 35.5. The predicted octanol–water partition coefficient (Wildman–Crippen LogP) is 4.30. The van der Waals surface area contributed by atoms with Gasteiger partial charge in [-0.25, -0.2) is 0 Å². The number of hydrogen-bond donors (Lipinski definition) is 1. The number of benzene rings is 1. The normalized spacial score (nSPS) is 17.8. The summed E-state index contributed by atoms with van der Waals surface area (Å²) in [6.07, 6.45) is 5.30. The molecule has 0 bridgehead atoms. The standard InChI is InChI=1S/C16H24ClN/c1-13(2)11-18-12-16(8-3-9-16)10-14-4-6-15(17)7-5-14/h4-7,13,18H,3,8-12H2,1-2H3. The van der Waals surface area contributed by atoms with Gasteiger partial charge >= 0.3 is 0 Å². The molecular formula is C16H24ClN. The Morgan fingerprint density at radius 2 is 1.89 bits per heavy atom. The van der Waals surface area contributed by atoms with E-state index in [1.54, 1.807) is 0 Å². The SMILES string of the molecule is CC(C)CNCC1(Cc2ccc(Cl)cc2)CCC1. The van der Waals surface area contributed by atoms with Crippen LogP contribution in [0.3, 0.4) is 0 Å². The third-order valence-corrected chi connectivity index (χ3v) is 4.21. The molecule has 1 fully saturated rings. The van der Waals surface area contributed by atoms with Crippen LogP contribution in [0.15, 0.2) is 24.3 Å². The summed E-state index contributed by atoms with van der Waals surface area (Å²) in [5, 5.41) is 4.47. The summed E-state index contributed by atoms with van der Waals surface area (Å²) in [5.74, 6) is 0.734. The minimum atomic E-state index is 0.503. The first-order valence-electron chi connectivity index (χ1n) is 7.05. The summed E-state index contributed by atoms with van der Waals surface area (Å²) >= 11 is 5.94. The summed E-state index contributed by atoms with van der Waals surface area (Å²) in [7, 11) is 0. The molecule has 1 N–H and O–H groups in total. The Morgan fingerprint density at radius 3 is 2.39 bits per heavy atom. The van der Waals surface area contributed by atoms with Crippen LogP contribution in [-0.2, 0) is 6.42 Å². The van der Waals surface area contributed by atoms with E-state index in [4.69, 9.17) is 11.6 Å². The number of nitrogens with one attached hydrogen (secondary N) is 1. The van der Waals surface area contributed by atoms with Gasteiger partial charge in [0.25, 0.3) is 0 Å². The lowest BCUT2D eigenvalue weighted by Gasteiger charge is -2.42. The second-order valence-electron chi connectivity index (χ2n) is 6.18. The zero-order chi connectivity index (χ0) is 13.0. The summed E-state index contributed by atoms with van der Waals surface area (Å²) in [6, 6.07) is 8.35. The first kappa shape index (κ1) is 13.9. The zero-order valence-corrected chi connectivity index (χ0v) is 12.3. The largest absolute Gasteiger partial charge is 0.316 e. The molecule has 1 nitrogen and oxygen atoms in total. The quantitative estimate of drug-likeness (QED) is 0.809. The minimum absolute atomic E-state index is 0.503. The molecule has 1 saturated carbocycles. The molecular weight excluding hydrogens is 242 g/mol. The molecule has 0 spiro atoms. The lowest BCUT2D eigenvalue weighted by atomic mass is 9.65. The van der Waals surface area contributed by atoms with E-state index in [0.29, 0.717) is 5.41 Å². The summed E-state index contributed by atoms with van der Waals surface area (Å²) < 4.78 is 0. The Balaban J connectivity index is 1.89. The Kier molecular flexibility index (Phi) is 4.69. The van der Waals surface area contributed by atoms with E-state index >= 15 is 0 Å². The van der Waals surface area contributed by atoms with Crippen molar-refractivity contribution in [1.29, 1.82) is 0 Å². The molecule has 0 aliphatic heterocycles. The molecule has 0 heterocycles. The Hall–Kier alpha value is -0.530. The molecule has 0 unspecified atom stereocenters. The van der Waals surface area contributed by atoms with Crippen molar-refractivity contribution in [3.8, 4) is 0 Å². The average Bonchev–Trinajstić information content (AvgIpc) is 2.28. The van der Waals surface area contributed by atoms with E-state index in [1.807, 2.05) is 12.1 Å². The Bertz CT molecular complexity index is 365. The maximum Gasteiger partial charge on any atom is 0.0406 e. The van der Waals surface area contributed by atoms with E-state index in [9.17, 15) is 0 Å². The number of rotatable bonds is 6. The van der Waals surface area contributed by atoms with Crippen molar-refractivity contribution in [2.45, 2.75) is 39.5 Å². The summed E-state index contributed by atoms with van der Waals surface area (Å²) in [6.45, 7) is 6.81. The predicted molar refractivity (Wildman–Crippen MR) is 79.1 cm³/mol. The van der Waals surface area contributed by atoms with Crippen molar-refractivity contribution in [3.63, 3.8) is 0 Å². The summed E-state index contributed by atoms with van der Waals surface area (Å²) in [4.78, 5) is 0. The second-order valence-corrected chi connectivity index (χ2v) is 6.62. The van der Waals surface area contributed by atoms with Crippen molar-refractivity contribution < 1.29 is 0 Å². The van der Waals surface area contributed by atoms with Crippen LogP contribution in [0, 0.1) is 11.3 Å². The maximum absolute atomic E-state index is 5.94. The molecule has 0 amide bonds. The van der Waals surface area contributed by atoms with Crippen LogP contribution in [0.25, 0.3) is 0 Å². The smallest absolute Gasteiger partial charge is 0.0406 e. The molecule has 1 aliphatic rings. The van der Waals surface area contributed by atoms with Gasteiger partial charge in [-0.3, -0.25) is 0 Å². The van der Waals surface area contributed by atoms with Gasteiger partial charge in [0.2, 0.25) is 0 Å². The van der Waals surface area contributed by atoms with E-state index < -0.39 is 0 Å². The van der Waals surface area contributed by atoms with Gasteiger partial charge in [0, 0.05) is 11.6 Å². The molecule has 0 atom stereocenters. The number of hydrogen-bond acceptors (Lipinski definition) is 1. The van der Waals surface area contributed by atoms with Crippen molar-refractivity contribution >= 4 is 11.6 Å². The molecule has 18 heavy (non-hydrogen) atoms. The molecule has 1 aliphatic carbocycles. The van der Waals surface area contributed by atoms with E-state index in [2.05, 4.69) is 31.3 Å². The number of halogens is 1. The third kappa shape index (κ3) is 3.73. The fraction of sp³-hybridized carbons (Fsp3) is 0.625. The van der Waals surface area contributed by atoms with Crippen molar-refractivity contribution in [3.05, 3.63) is 34.9 Å². The van der Waals surface area contributed by atoms with Crippen molar-refractivity contribution in [2.24, 2.45) is 11.3 Å². The first-order valence-corrected chi connectivity index (χ1v) is 7.43. The van der Waals surface area contributed by atoms with E-state index in [0.717, 1.165) is 24.0 Å². The van der Waals surface area contributed by atoms with E-state index in [1.165, 1.54) is 31.2 Å². The van der Waals surface area contributed by atoms with Crippen LogP contribution >= 0.6 is 11.6 Å². The van der Waals surface area contributed by atoms with Gasteiger partial charge in [-0.05, 0) is 54.8 Å². The van der Waals surface area contributed by atoms with Gasteiger partial charge in [-0.1, -0.05) is 44.0 Å². The van der Waals surface area contributed by atoms with Gasteiger partial charge in [0.15, 0.2) is 0 Å². The highest BCUT2D eigenvalue weighted by Gasteiger charge is 2.36. The Morgan fingerprint density at radius 1 is 1.22 bits per heavy atom. The fourth-order valence-electron chi connectivity index (χ4n) is 2.75. The van der Waals surface area contributed by atoms with Gasteiger partial charge in [-0.15, -0.1) is 0 Å².